The van der Waals surface area contributed by atoms with Gasteiger partial charge in [0, 0.05) is 17.8 Å². The summed E-state index contributed by atoms with van der Waals surface area (Å²) in [4.78, 5) is 26.2. The van der Waals surface area contributed by atoms with E-state index in [2.05, 4.69) is 4.72 Å². The number of ether oxygens (including phenoxy) is 1. The van der Waals surface area contributed by atoms with Crippen LogP contribution in [0.5, 0.6) is 0 Å². The van der Waals surface area contributed by atoms with Crippen molar-refractivity contribution in [3.63, 3.8) is 0 Å². The Kier molecular flexibility index (Phi) is 6.05. The Morgan fingerprint density at radius 1 is 1.16 bits per heavy atom. The molecule has 25 heavy (non-hydrogen) atoms. The number of amides is 1. The summed E-state index contributed by atoms with van der Waals surface area (Å²) in [6.45, 7) is 3.71. The number of nitrogens with zero attached hydrogens (tertiary/aromatic N) is 1. The molecule has 1 fully saturated rings. The molecular weight excluding hydrogens is 344 g/mol. The van der Waals surface area contributed by atoms with E-state index in [0.717, 1.165) is 25.5 Å². The highest BCUT2D eigenvalue weighted by atomic mass is 32.2. The van der Waals surface area contributed by atoms with E-state index in [4.69, 9.17) is 4.74 Å². The summed E-state index contributed by atoms with van der Waals surface area (Å²) in [5.41, 5.74) is 0.609. The van der Waals surface area contributed by atoms with E-state index in [1.807, 2.05) is 13.8 Å². The summed E-state index contributed by atoms with van der Waals surface area (Å²) in [6, 6.07) is 6.13. The molecule has 1 amide bonds. The number of likely N-dealkylation sites (tertiary alicyclic amines) is 1. The Labute approximate surface area is 148 Å². The van der Waals surface area contributed by atoms with Crippen molar-refractivity contribution in [2.45, 2.75) is 45.2 Å². The molecule has 0 aromatic heterocycles. The van der Waals surface area contributed by atoms with E-state index in [0.29, 0.717) is 5.69 Å². The number of esters is 1. The fourth-order valence-electron chi connectivity index (χ4n) is 3.09. The maximum absolute atomic E-state index is 12.3. The maximum Gasteiger partial charge on any atom is 0.338 e. The monoisotopic (exact) mass is 368 g/mol. The first-order chi connectivity index (χ1) is 11.7. The quantitative estimate of drug-likeness (QED) is 0.803. The molecule has 0 saturated carbocycles. The molecule has 1 aromatic rings. The topological polar surface area (TPSA) is 92.8 Å². The number of hydrogen-bond donors (Lipinski definition) is 1. The Bertz CT molecular complexity index is 720. The molecule has 1 aliphatic heterocycles. The molecule has 7 nitrogen and oxygen atoms in total. The van der Waals surface area contributed by atoms with Crippen LogP contribution in [0.2, 0.25) is 0 Å². The predicted octanol–water partition coefficient (Wildman–Crippen LogP) is 2.00. The second-order valence-corrected chi connectivity index (χ2v) is 8.21. The molecule has 0 aliphatic carbocycles. The molecule has 8 heteroatoms. The number of benzene rings is 1. The SMILES string of the molecule is C[C@@H]1CCC[C@H](C)N1C(=O)COC(=O)c1ccc(NS(C)(=O)=O)cc1. The van der Waals surface area contributed by atoms with Crippen molar-refractivity contribution in [1.29, 1.82) is 0 Å². The van der Waals surface area contributed by atoms with Gasteiger partial charge in [-0.25, -0.2) is 13.2 Å². The fourth-order valence-corrected chi connectivity index (χ4v) is 3.65. The van der Waals surface area contributed by atoms with Crippen molar-refractivity contribution in [3.8, 4) is 0 Å². The molecule has 2 atom stereocenters. The third-order valence-electron chi connectivity index (χ3n) is 4.23. The molecule has 0 radical (unpaired) electrons. The normalized spacial score (nSPS) is 20.8. The second-order valence-electron chi connectivity index (χ2n) is 6.46. The van der Waals surface area contributed by atoms with Gasteiger partial charge in [0.05, 0.1) is 11.8 Å². The summed E-state index contributed by atoms with van der Waals surface area (Å²) in [7, 11) is -3.37. The molecule has 1 N–H and O–H groups in total. The number of carbonyl (C=O) groups excluding carboxylic acids is 2. The van der Waals surface area contributed by atoms with E-state index >= 15 is 0 Å². The number of piperidine rings is 1. The molecule has 2 rings (SSSR count). The van der Waals surface area contributed by atoms with Gasteiger partial charge in [-0.3, -0.25) is 9.52 Å². The van der Waals surface area contributed by atoms with Crippen LogP contribution < -0.4 is 4.72 Å². The van der Waals surface area contributed by atoms with Crippen LogP contribution in [-0.2, 0) is 19.6 Å². The van der Waals surface area contributed by atoms with Crippen LogP contribution in [0.15, 0.2) is 24.3 Å². The van der Waals surface area contributed by atoms with Crippen LogP contribution in [0.4, 0.5) is 5.69 Å². The van der Waals surface area contributed by atoms with Gasteiger partial charge in [0.2, 0.25) is 10.0 Å². The first-order valence-electron chi connectivity index (χ1n) is 8.23. The standard InChI is InChI=1S/C17H24N2O5S/c1-12-5-4-6-13(2)19(12)16(20)11-24-17(21)14-7-9-15(10-8-14)18-25(3,22)23/h7-10,12-13,18H,4-6,11H2,1-3H3/t12-,13+. The molecule has 0 bridgehead atoms. The predicted molar refractivity (Wildman–Crippen MR) is 94.8 cm³/mol. The lowest BCUT2D eigenvalue weighted by Gasteiger charge is -2.38. The summed E-state index contributed by atoms with van der Waals surface area (Å²) < 4.78 is 29.7. The number of carbonyl (C=O) groups is 2. The highest BCUT2D eigenvalue weighted by Crippen LogP contribution is 2.22. The van der Waals surface area contributed by atoms with Crippen molar-refractivity contribution in [2.75, 3.05) is 17.6 Å². The molecule has 1 aromatic carbocycles. The fraction of sp³-hybridized carbons (Fsp3) is 0.529. The number of nitrogens with one attached hydrogen (secondary N) is 1. The summed E-state index contributed by atoms with van der Waals surface area (Å²) in [6.07, 6.45) is 4.06. The van der Waals surface area contributed by atoms with Crippen LogP contribution in [0, 0.1) is 0 Å². The Balaban J connectivity index is 1.92. The van der Waals surface area contributed by atoms with E-state index < -0.39 is 16.0 Å². The van der Waals surface area contributed by atoms with Crippen LogP contribution >= 0.6 is 0 Å². The van der Waals surface area contributed by atoms with E-state index in [-0.39, 0.29) is 30.2 Å². The van der Waals surface area contributed by atoms with Crippen LogP contribution in [0.3, 0.4) is 0 Å². The van der Waals surface area contributed by atoms with Gasteiger partial charge >= 0.3 is 5.97 Å². The molecule has 1 aliphatic rings. The number of rotatable bonds is 5. The first-order valence-corrected chi connectivity index (χ1v) is 10.1. The molecule has 1 heterocycles. The zero-order valence-corrected chi connectivity index (χ0v) is 15.5. The van der Waals surface area contributed by atoms with Crippen LogP contribution in [-0.4, -0.2) is 50.1 Å². The van der Waals surface area contributed by atoms with Gasteiger partial charge in [-0.1, -0.05) is 0 Å². The molecule has 138 valence electrons. The summed E-state index contributed by atoms with van der Waals surface area (Å²) in [5, 5.41) is 0. The van der Waals surface area contributed by atoms with Crippen molar-refractivity contribution in [1.82, 2.24) is 4.90 Å². The highest BCUT2D eigenvalue weighted by Gasteiger charge is 2.29. The minimum Gasteiger partial charge on any atom is -0.452 e. The lowest BCUT2D eigenvalue weighted by Crippen LogP contribution is -2.49. The summed E-state index contributed by atoms with van der Waals surface area (Å²) in [5.74, 6) is -0.806. The molecule has 0 unspecified atom stereocenters. The third kappa shape index (κ3) is 5.45. The van der Waals surface area contributed by atoms with Gasteiger partial charge in [-0.15, -0.1) is 0 Å². The van der Waals surface area contributed by atoms with Gasteiger partial charge in [-0.2, -0.15) is 0 Å². The minimum absolute atomic E-state index is 0.149. The first kappa shape index (κ1) is 19.2. The van der Waals surface area contributed by atoms with Crippen molar-refractivity contribution in [2.24, 2.45) is 0 Å². The van der Waals surface area contributed by atoms with Gasteiger partial charge in [0.25, 0.3) is 5.91 Å². The zero-order chi connectivity index (χ0) is 18.6. The van der Waals surface area contributed by atoms with E-state index in [1.165, 1.54) is 24.3 Å². The third-order valence-corrected chi connectivity index (χ3v) is 4.84. The van der Waals surface area contributed by atoms with E-state index in [1.54, 1.807) is 4.90 Å². The Morgan fingerprint density at radius 3 is 2.24 bits per heavy atom. The average molecular weight is 368 g/mol. The molecule has 0 spiro atoms. The minimum atomic E-state index is -3.37. The molecule has 1 saturated heterocycles. The Morgan fingerprint density at radius 2 is 1.72 bits per heavy atom. The smallest absolute Gasteiger partial charge is 0.338 e. The average Bonchev–Trinajstić information content (AvgIpc) is 2.51. The Hall–Kier alpha value is -2.09. The lowest BCUT2D eigenvalue weighted by atomic mass is 9.97. The molecular formula is C17H24N2O5S. The van der Waals surface area contributed by atoms with Gasteiger partial charge in [0.15, 0.2) is 6.61 Å². The van der Waals surface area contributed by atoms with Crippen molar-refractivity contribution in [3.05, 3.63) is 29.8 Å². The largest absolute Gasteiger partial charge is 0.452 e. The van der Waals surface area contributed by atoms with E-state index in [9.17, 15) is 18.0 Å². The summed E-state index contributed by atoms with van der Waals surface area (Å²) >= 11 is 0. The number of sulfonamides is 1. The van der Waals surface area contributed by atoms with Crippen LogP contribution in [0.1, 0.15) is 43.5 Å². The lowest BCUT2D eigenvalue weighted by molar-refractivity contribution is -0.140. The van der Waals surface area contributed by atoms with Gasteiger partial charge in [-0.05, 0) is 57.4 Å². The number of anilines is 1. The van der Waals surface area contributed by atoms with Crippen molar-refractivity contribution < 1.29 is 22.7 Å². The van der Waals surface area contributed by atoms with Gasteiger partial charge < -0.3 is 9.64 Å². The van der Waals surface area contributed by atoms with Crippen molar-refractivity contribution >= 4 is 27.6 Å². The second kappa shape index (κ2) is 7.86. The number of hydrogen-bond acceptors (Lipinski definition) is 5. The van der Waals surface area contributed by atoms with Crippen LogP contribution in [0.25, 0.3) is 0 Å². The zero-order valence-electron chi connectivity index (χ0n) is 14.7. The van der Waals surface area contributed by atoms with Gasteiger partial charge in [0.1, 0.15) is 0 Å². The highest BCUT2D eigenvalue weighted by molar-refractivity contribution is 7.92. The maximum atomic E-state index is 12.3.